The zero-order valence-corrected chi connectivity index (χ0v) is 13.2. The lowest BCUT2D eigenvalue weighted by molar-refractivity contribution is 0.0928. The summed E-state index contributed by atoms with van der Waals surface area (Å²) in [4.78, 5) is 11.3. The molecule has 2 heterocycles. The fourth-order valence-corrected chi connectivity index (χ4v) is 3.17. The van der Waals surface area contributed by atoms with E-state index >= 15 is 0 Å². The summed E-state index contributed by atoms with van der Waals surface area (Å²) >= 11 is 0. The number of anilines is 1. The van der Waals surface area contributed by atoms with Gasteiger partial charge in [-0.3, -0.25) is 4.98 Å². The number of aliphatic hydroxyl groups excluding tert-OH is 1. The van der Waals surface area contributed by atoms with Gasteiger partial charge >= 0.3 is 0 Å². The van der Waals surface area contributed by atoms with Crippen LogP contribution in [0.2, 0.25) is 0 Å². The number of aromatic nitrogens is 2. The Morgan fingerprint density at radius 1 is 1.14 bits per heavy atom. The zero-order valence-electron chi connectivity index (χ0n) is 13.2. The van der Waals surface area contributed by atoms with E-state index < -0.39 is 0 Å². The number of hydrogen-bond donors (Lipinski definition) is 1. The monoisotopic (exact) mass is 297 g/mol. The Labute approximate surface area is 131 Å². The average molecular weight is 297 g/mol. The van der Waals surface area contributed by atoms with Crippen molar-refractivity contribution in [3.05, 3.63) is 53.5 Å². The molecule has 1 aliphatic heterocycles. The summed E-state index contributed by atoms with van der Waals surface area (Å²) in [5.74, 6) is 1.31. The molecule has 1 aromatic carbocycles. The number of rotatable bonds is 3. The second-order valence-corrected chi connectivity index (χ2v) is 6.10. The van der Waals surface area contributed by atoms with Crippen LogP contribution in [0.4, 0.5) is 5.82 Å². The summed E-state index contributed by atoms with van der Waals surface area (Å²) < 4.78 is 0. The summed E-state index contributed by atoms with van der Waals surface area (Å²) in [6, 6.07) is 9.97. The average Bonchev–Trinajstić information content (AvgIpc) is 2.57. The third-order valence-corrected chi connectivity index (χ3v) is 4.48. The van der Waals surface area contributed by atoms with Crippen LogP contribution in [0.1, 0.15) is 35.9 Å². The van der Waals surface area contributed by atoms with Crippen LogP contribution in [0, 0.1) is 19.8 Å². The van der Waals surface area contributed by atoms with Gasteiger partial charge in [-0.2, -0.15) is 0 Å². The van der Waals surface area contributed by atoms with Crippen LogP contribution in [-0.2, 0) is 0 Å². The fourth-order valence-electron chi connectivity index (χ4n) is 3.17. The minimum absolute atomic E-state index is 0.316. The third kappa shape index (κ3) is 3.12. The van der Waals surface area contributed by atoms with Crippen molar-refractivity contribution in [2.75, 3.05) is 18.0 Å². The molecule has 1 atom stereocenters. The number of nitrogens with zero attached hydrogens (tertiary/aromatic N) is 3. The first-order valence-corrected chi connectivity index (χ1v) is 7.93. The Bertz CT molecular complexity index is 621. The normalized spacial score (nSPS) is 17.5. The first kappa shape index (κ1) is 15.0. The molecule has 0 unspecified atom stereocenters. The molecule has 0 radical (unpaired) electrons. The molecule has 3 rings (SSSR count). The van der Waals surface area contributed by atoms with E-state index in [9.17, 15) is 5.11 Å². The first-order chi connectivity index (χ1) is 10.6. The van der Waals surface area contributed by atoms with Crippen molar-refractivity contribution in [1.82, 2.24) is 9.97 Å². The number of benzene rings is 1. The van der Waals surface area contributed by atoms with Gasteiger partial charge in [0.15, 0.2) is 0 Å². The first-order valence-electron chi connectivity index (χ1n) is 7.93. The van der Waals surface area contributed by atoms with Gasteiger partial charge in [-0.1, -0.05) is 30.3 Å². The molecule has 1 aliphatic rings. The molecular formula is C18H23N3O. The van der Waals surface area contributed by atoms with E-state index in [1.54, 1.807) is 0 Å². The van der Waals surface area contributed by atoms with Crippen LogP contribution in [-0.4, -0.2) is 28.2 Å². The van der Waals surface area contributed by atoms with Crippen molar-refractivity contribution in [3.8, 4) is 0 Å². The van der Waals surface area contributed by atoms with Crippen molar-refractivity contribution in [2.24, 2.45) is 5.92 Å². The van der Waals surface area contributed by atoms with E-state index in [4.69, 9.17) is 0 Å². The van der Waals surface area contributed by atoms with E-state index in [2.05, 4.69) is 14.9 Å². The molecule has 1 fully saturated rings. The second-order valence-electron chi connectivity index (χ2n) is 6.10. The highest BCUT2D eigenvalue weighted by molar-refractivity contribution is 5.43. The van der Waals surface area contributed by atoms with E-state index in [0.29, 0.717) is 5.92 Å². The van der Waals surface area contributed by atoms with Crippen molar-refractivity contribution in [1.29, 1.82) is 0 Å². The summed E-state index contributed by atoms with van der Waals surface area (Å²) in [6.45, 7) is 5.83. The van der Waals surface area contributed by atoms with Crippen LogP contribution in [0.3, 0.4) is 0 Å². The number of piperidine rings is 1. The molecule has 1 saturated heterocycles. The van der Waals surface area contributed by atoms with Gasteiger partial charge in [0.2, 0.25) is 0 Å². The SMILES string of the molecule is Cc1cnc(C)c(N2CCC([C@@H](O)c3ccccc3)CC2)n1. The van der Waals surface area contributed by atoms with Gasteiger partial charge in [0.25, 0.3) is 0 Å². The highest BCUT2D eigenvalue weighted by Gasteiger charge is 2.27. The minimum Gasteiger partial charge on any atom is -0.388 e. The summed E-state index contributed by atoms with van der Waals surface area (Å²) in [5, 5.41) is 10.6. The number of aliphatic hydroxyl groups is 1. The fraction of sp³-hybridized carbons (Fsp3) is 0.444. The van der Waals surface area contributed by atoms with E-state index in [0.717, 1.165) is 48.7 Å². The lowest BCUT2D eigenvalue weighted by atomic mass is 9.87. The van der Waals surface area contributed by atoms with Crippen molar-refractivity contribution in [3.63, 3.8) is 0 Å². The molecule has 4 nitrogen and oxygen atoms in total. The highest BCUT2D eigenvalue weighted by Crippen LogP contribution is 2.32. The lowest BCUT2D eigenvalue weighted by Gasteiger charge is -2.35. The Morgan fingerprint density at radius 3 is 2.50 bits per heavy atom. The quantitative estimate of drug-likeness (QED) is 0.946. The van der Waals surface area contributed by atoms with Gasteiger partial charge in [0, 0.05) is 19.3 Å². The molecule has 4 heteroatoms. The second kappa shape index (κ2) is 6.44. The standard InChI is InChI=1S/C18H23N3O/c1-13-12-19-14(2)18(20-13)21-10-8-16(9-11-21)17(22)15-6-4-3-5-7-15/h3-7,12,16-17,22H,8-11H2,1-2H3/t17-/m0/s1. The lowest BCUT2D eigenvalue weighted by Crippen LogP contribution is -2.36. The van der Waals surface area contributed by atoms with E-state index in [1.807, 2.05) is 50.4 Å². The molecule has 0 amide bonds. The van der Waals surface area contributed by atoms with Gasteiger partial charge in [-0.25, -0.2) is 4.98 Å². The smallest absolute Gasteiger partial charge is 0.150 e. The number of aryl methyl sites for hydroxylation is 2. The minimum atomic E-state index is -0.368. The summed E-state index contributed by atoms with van der Waals surface area (Å²) in [5.41, 5.74) is 2.95. The Morgan fingerprint density at radius 2 is 1.82 bits per heavy atom. The molecule has 0 saturated carbocycles. The summed E-state index contributed by atoms with van der Waals surface area (Å²) in [7, 11) is 0. The third-order valence-electron chi connectivity index (χ3n) is 4.48. The van der Waals surface area contributed by atoms with Gasteiger partial charge < -0.3 is 10.0 Å². The van der Waals surface area contributed by atoms with Crippen molar-refractivity contribution in [2.45, 2.75) is 32.8 Å². The van der Waals surface area contributed by atoms with Crippen LogP contribution in [0.15, 0.2) is 36.5 Å². The molecule has 1 N–H and O–H groups in total. The molecule has 0 aliphatic carbocycles. The Hall–Kier alpha value is -1.94. The van der Waals surface area contributed by atoms with Crippen molar-refractivity contribution >= 4 is 5.82 Å². The van der Waals surface area contributed by atoms with Crippen LogP contribution in [0.25, 0.3) is 0 Å². The summed E-state index contributed by atoms with van der Waals surface area (Å²) in [6.07, 6.45) is 3.40. The van der Waals surface area contributed by atoms with Gasteiger partial charge in [0.05, 0.1) is 17.5 Å². The maximum absolute atomic E-state index is 10.6. The predicted octanol–water partition coefficient (Wildman–Crippen LogP) is 3.04. The highest BCUT2D eigenvalue weighted by atomic mass is 16.3. The van der Waals surface area contributed by atoms with Crippen LogP contribution >= 0.6 is 0 Å². The largest absolute Gasteiger partial charge is 0.388 e. The molecule has 0 bridgehead atoms. The van der Waals surface area contributed by atoms with Gasteiger partial charge in [0.1, 0.15) is 5.82 Å². The maximum atomic E-state index is 10.6. The zero-order chi connectivity index (χ0) is 15.5. The van der Waals surface area contributed by atoms with Gasteiger partial charge in [-0.15, -0.1) is 0 Å². The van der Waals surface area contributed by atoms with Crippen LogP contribution in [0.5, 0.6) is 0 Å². The van der Waals surface area contributed by atoms with E-state index in [1.165, 1.54) is 0 Å². The maximum Gasteiger partial charge on any atom is 0.150 e. The van der Waals surface area contributed by atoms with Gasteiger partial charge in [-0.05, 0) is 38.2 Å². The molecule has 2 aromatic rings. The Balaban J connectivity index is 1.66. The van der Waals surface area contributed by atoms with E-state index in [-0.39, 0.29) is 6.10 Å². The molecule has 0 spiro atoms. The Kier molecular flexibility index (Phi) is 4.39. The predicted molar refractivity (Wildman–Crippen MR) is 87.8 cm³/mol. The topological polar surface area (TPSA) is 49.2 Å². The molecule has 22 heavy (non-hydrogen) atoms. The molecule has 1 aromatic heterocycles. The van der Waals surface area contributed by atoms with Crippen molar-refractivity contribution < 1.29 is 5.11 Å². The molecule has 116 valence electrons. The molecular weight excluding hydrogens is 274 g/mol. The van der Waals surface area contributed by atoms with Crippen LogP contribution < -0.4 is 4.90 Å². The number of hydrogen-bond acceptors (Lipinski definition) is 4.